The molecule has 6 saturated heterocycles. The van der Waals surface area contributed by atoms with Gasteiger partial charge in [0.05, 0.1) is 36.3 Å². The van der Waals surface area contributed by atoms with Gasteiger partial charge in [-0.2, -0.15) is 10.4 Å². The number of hydrogen-bond donors (Lipinski definition) is 1. The zero-order valence-corrected chi connectivity index (χ0v) is 38.5. The van der Waals surface area contributed by atoms with E-state index in [1.165, 1.54) is 12.0 Å². The molecule has 348 valence electrons. The number of unbranched alkanes of at least 4 members (excludes halogenated alkanes) is 1. The molecular formula is C52H56N12O4. The number of nitriles is 1. The highest BCUT2D eigenvalue weighted by molar-refractivity contribution is 6.05. The summed E-state index contributed by atoms with van der Waals surface area (Å²) in [5.74, 6) is 7.43. The number of amides is 3. The van der Waals surface area contributed by atoms with Crippen molar-refractivity contribution in [3.63, 3.8) is 0 Å². The summed E-state index contributed by atoms with van der Waals surface area (Å²) in [5.41, 5.74) is 7.92. The van der Waals surface area contributed by atoms with Crippen molar-refractivity contribution in [1.29, 1.82) is 5.26 Å². The van der Waals surface area contributed by atoms with Crippen molar-refractivity contribution >= 4 is 34.7 Å². The monoisotopic (exact) mass is 912 g/mol. The van der Waals surface area contributed by atoms with Crippen LogP contribution in [0.5, 0.6) is 5.88 Å². The van der Waals surface area contributed by atoms with Gasteiger partial charge in [-0.15, -0.1) is 0 Å². The fourth-order valence-corrected chi connectivity index (χ4v) is 11.4. The Balaban J connectivity index is 0.659. The summed E-state index contributed by atoms with van der Waals surface area (Å²) in [6, 6.07) is 19.4. The number of carbonyl (C=O) groups is 3. The number of imide groups is 1. The normalized spacial score (nSPS) is 22.4. The van der Waals surface area contributed by atoms with E-state index < -0.39 is 11.9 Å². The SMILES string of the molecule is COc1ccc(CN2C3CC2CN(c2ccc(-c4cc(N5CCC(N6CCN(CCCC#Cc7cccc8c7CN(C7CCC(=O)NC7=O)C8=O)CC6)CC5)cn5ncc(C#N)c45)cn2)C3)cn1. The van der Waals surface area contributed by atoms with Crippen molar-refractivity contribution in [3.05, 3.63) is 101 Å². The smallest absolute Gasteiger partial charge is 0.255 e. The number of anilines is 2. The average Bonchev–Trinajstić information content (AvgIpc) is 3.96. The summed E-state index contributed by atoms with van der Waals surface area (Å²) in [5, 5.41) is 17.1. The molecule has 5 aromatic rings. The highest BCUT2D eigenvalue weighted by atomic mass is 16.5. The molecule has 3 unspecified atom stereocenters. The number of piperazine rings is 2. The number of fused-ring (bicyclic) bond motifs is 4. The van der Waals surface area contributed by atoms with Crippen molar-refractivity contribution in [3.8, 4) is 34.9 Å². The van der Waals surface area contributed by atoms with Gasteiger partial charge < -0.3 is 24.3 Å². The van der Waals surface area contributed by atoms with E-state index in [0.29, 0.717) is 48.1 Å². The van der Waals surface area contributed by atoms with E-state index in [-0.39, 0.29) is 18.2 Å². The first-order valence-electron chi connectivity index (χ1n) is 24.1. The molecule has 16 heteroatoms. The molecule has 11 heterocycles. The topological polar surface area (TPSA) is 159 Å². The maximum atomic E-state index is 13.2. The molecule has 16 nitrogen and oxygen atoms in total. The lowest BCUT2D eigenvalue weighted by Crippen LogP contribution is -2.68. The van der Waals surface area contributed by atoms with Crippen molar-refractivity contribution in [2.45, 2.75) is 82.2 Å². The minimum atomic E-state index is -0.631. The molecule has 7 aliphatic heterocycles. The summed E-state index contributed by atoms with van der Waals surface area (Å²) in [4.78, 5) is 61.0. The lowest BCUT2D eigenvalue weighted by molar-refractivity contribution is -0.136. The molecular weight excluding hydrogens is 857 g/mol. The van der Waals surface area contributed by atoms with E-state index in [4.69, 9.17) is 9.72 Å². The van der Waals surface area contributed by atoms with Crippen molar-refractivity contribution in [2.75, 3.05) is 75.8 Å². The van der Waals surface area contributed by atoms with Crippen LogP contribution < -0.4 is 19.9 Å². The molecule has 3 atom stereocenters. The average molecular weight is 913 g/mol. The first kappa shape index (κ1) is 43.7. The summed E-state index contributed by atoms with van der Waals surface area (Å²) in [6.45, 7) is 10.2. The number of pyridine rings is 3. The molecule has 3 amide bonds. The molecule has 12 rings (SSSR count). The molecule has 6 fully saturated rings. The number of nitrogens with one attached hydrogen (secondary N) is 1. The Kier molecular flexibility index (Phi) is 12.0. The zero-order valence-electron chi connectivity index (χ0n) is 38.5. The molecule has 7 aliphatic rings. The molecule has 1 N–H and O–H groups in total. The maximum absolute atomic E-state index is 13.2. The van der Waals surface area contributed by atoms with Gasteiger partial charge in [0.2, 0.25) is 17.7 Å². The van der Waals surface area contributed by atoms with Crippen LogP contribution in [0.2, 0.25) is 0 Å². The van der Waals surface area contributed by atoms with Crippen LogP contribution in [0.3, 0.4) is 0 Å². The third kappa shape index (κ3) is 8.53. The number of carbonyl (C=O) groups excluding carboxylic acids is 3. The van der Waals surface area contributed by atoms with Crippen LogP contribution in [0.4, 0.5) is 11.5 Å². The van der Waals surface area contributed by atoms with Gasteiger partial charge in [-0.05, 0) is 80.1 Å². The largest absolute Gasteiger partial charge is 0.481 e. The Hall–Kier alpha value is -6.85. The Morgan fingerprint density at radius 2 is 1.69 bits per heavy atom. The van der Waals surface area contributed by atoms with Gasteiger partial charge in [0.1, 0.15) is 17.9 Å². The molecule has 0 radical (unpaired) electrons. The summed E-state index contributed by atoms with van der Waals surface area (Å²) in [6.07, 6.45) is 13.3. The second-order valence-electron chi connectivity index (χ2n) is 19.0. The number of aromatic nitrogens is 4. The van der Waals surface area contributed by atoms with E-state index in [1.54, 1.807) is 24.3 Å². The highest BCUT2D eigenvalue weighted by Gasteiger charge is 2.45. The summed E-state index contributed by atoms with van der Waals surface area (Å²) < 4.78 is 7.11. The van der Waals surface area contributed by atoms with Gasteiger partial charge in [0.15, 0.2) is 0 Å². The second-order valence-corrected chi connectivity index (χ2v) is 19.0. The molecule has 0 spiro atoms. The number of hydrogen-bond acceptors (Lipinski definition) is 13. The minimum Gasteiger partial charge on any atom is -0.481 e. The predicted molar refractivity (Wildman–Crippen MR) is 256 cm³/mol. The van der Waals surface area contributed by atoms with Crippen LogP contribution in [0.1, 0.15) is 77.6 Å². The number of piperidine rings is 3. The van der Waals surface area contributed by atoms with Gasteiger partial charge >= 0.3 is 0 Å². The highest BCUT2D eigenvalue weighted by Crippen LogP contribution is 2.38. The van der Waals surface area contributed by atoms with Gasteiger partial charge in [-0.3, -0.25) is 29.5 Å². The maximum Gasteiger partial charge on any atom is 0.255 e. The molecule has 1 aromatic carbocycles. The minimum absolute atomic E-state index is 0.173. The van der Waals surface area contributed by atoms with Crippen LogP contribution >= 0.6 is 0 Å². The third-order valence-electron chi connectivity index (χ3n) is 15.2. The Morgan fingerprint density at radius 1 is 0.853 bits per heavy atom. The Bertz CT molecular complexity index is 2820. The fraction of sp³-hybridized carbons (Fsp3) is 0.442. The van der Waals surface area contributed by atoms with E-state index in [2.05, 4.69) is 88.3 Å². The van der Waals surface area contributed by atoms with Crippen LogP contribution in [0.15, 0.2) is 73.3 Å². The lowest BCUT2D eigenvalue weighted by Gasteiger charge is -2.56. The number of benzene rings is 1. The van der Waals surface area contributed by atoms with E-state index in [9.17, 15) is 19.6 Å². The lowest BCUT2D eigenvalue weighted by atomic mass is 9.87. The van der Waals surface area contributed by atoms with Gasteiger partial charge in [0, 0.05) is 137 Å². The number of methoxy groups -OCH3 is 1. The van der Waals surface area contributed by atoms with Gasteiger partial charge in [-0.1, -0.05) is 24.0 Å². The molecule has 0 aliphatic carbocycles. The third-order valence-corrected chi connectivity index (χ3v) is 15.2. The van der Waals surface area contributed by atoms with Crippen molar-refractivity contribution < 1.29 is 19.1 Å². The van der Waals surface area contributed by atoms with Crippen LogP contribution in [-0.2, 0) is 22.7 Å². The number of nitrogens with zero attached hydrogens (tertiary/aromatic N) is 11. The number of rotatable bonds is 11. The quantitative estimate of drug-likeness (QED) is 0.114. The Labute approximate surface area is 396 Å². The first-order valence-corrected chi connectivity index (χ1v) is 24.1. The fourth-order valence-electron chi connectivity index (χ4n) is 11.4. The summed E-state index contributed by atoms with van der Waals surface area (Å²) >= 11 is 0. The van der Waals surface area contributed by atoms with Gasteiger partial charge in [0.25, 0.3) is 5.91 Å². The van der Waals surface area contributed by atoms with E-state index in [0.717, 1.165) is 130 Å². The molecule has 4 aromatic heterocycles. The Morgan fingerprint density at radius 3 is 2.43 bits per heavy atom. The van der Waals surface area contributed by atoms with Gasteiger partial charge in [-0.25, -0.2) is 14.5 Å². The molecule has 2 bridgehead atoms. The first-order chi connectivity index (χ1) is 33.3. The van der Waals surface area contributed by atoms with Crippen molar-refractivity contribution in [2.24, 2.45) is 0 Å². The van der Waals surface area contributed by atoms with Crippen molar-refractivity contribution in [1.82, 2.24) is 44.5 Å². The molecule has 0 saturated carbocycles. The summed E-state index contributed by atoms with van der Waals surface area (Å²) in [7, 11) is 1.64. The van der Waals surface area contributed by atoms with E-state index in [1.807, 2.05) is 35.1 Å². The van der Waals surface area contributed by atoms with E-state index >= 15 is 0 Å². The molecule has 68 heavy (non-hydrogen) atoms. The van der Waals surface area contributed by atoms with Crippen LogP contribution in [-0.4, -0.2) is 147 Å². The van der Waals surface area contributed by atoms with Crippen LogP contribution in [0.25, 0.3) is 16.6 Å². The van der Waals surface area contributed by atoms with Crippen LogP contribution in [0, 0.1) is 23.2 Å². The number of ether oxygens (including phenoxy) is 1. The second kappa shape index (κ2) is 18.7. The zero-order chi connectivity index (χ0) is 46.3. The predicted octanol–water partition coefficient (Wildman–Crippen LogP) is 4.31. The standard InChI is InChI=1S/C52H56N12O4/c1-68-49-14-9-35(27-55-49)30-62-41-24-42(62)32-61(31-41)47-12-10-37(28-54-47)44-25-40(33-64-50(44)38(26-53)29-56-64)59-18-15-39(16-19-59)60-22-20-58(21-23-60)17-4-2-3-6-36-7-5-8-43-45(36)34-63(52(43)67)46-11-13-48(65)57-51(46)66/h5,7-10,12,14,25,27-29,33,39,41-42,46H,2,4,11,13,15-24,30-32,34H2,1H3,(H,57,65,66).